The summed E-state index contributed by atoms with van der Waals surface area (Å²) in [5, 5.41) is 6.96. The fraction of sp³-hybridized carbons (Fsp3) is 0.0526. The number of rotatable bonds is 6. The first-order valence-electron chi connectivity index (χ1n) is 7.65. The Hall–Kier alpha value is -2.34. The molecule has 3 aromatic rings. The standard InChI is InChI=1S/C19H14Cl2N2O2S/c20-15-6-5-14(17(21)10-15)12-25-16-7-3-13(4-8-16)11-22-23-19(24)18-2-1-9-26-18/h1-11H,12H2,(H,23,24)/b22-11-. The second-order valence-corrected chi connectivity index (χ2v) is 7.06. The Morgan fingerprint density at radius 2 is 1.96 bits per heavy atom. The predicted molar refractivity (Wildman–Crippen MR) is 107 cm³/mol. The zero-order chi connectivity index (χ0) is 18.4. The number of halogens is 2. The van der Waals surface area contributed by atoms with Crippen molar-refractivity contribution in [3.63, 3.8) is 0 Å². The molecule has 1 heterocycles. The van der Waals surface area contributed by atoms with Crippen molar-refractivity contribution in [1.29, 1.82) is 0 Å². The van der Waals surface area contributed by atoms with Gasteiger partial charge < -0.3 is 4.74 Å². The smallest absolute Gasteiger partial charge is 0.281 e. The summed E-state index contributed by atoms with van der Waals surface area (Å²) in [5.74, 6) is 0.479. The second kappa shape index (κ2) is 8.85. The highest BCUT2D eigenvalue weighted by atomic mass is 35.5. The number of benzene rings is 2. The van der Waals surface area contributed by atoms with Crippen molar-refractivity contribution in [3.8, 4) is 5.75 Å². The van der Waals surface area contributed by atoms with Gasteiger partial charge in [0.15, 0.2) is 0 Å². The Kier molecular flexibility index (Phi) is 6.28. The van der Waals surface area contributed by atoms with Crippen LogP contribution >= 0.6 is 34.5 Å². The Labute approximate surface area is 165 Å². The number of hydrogen-bond acceptors (Lipinski definition) is 4. The molecule has 0 saturated heterocycles. The van der Waals surface area contributed by atoms with E-state index >= 15 is 0 Å². The average Bonchev–Trinajstić information content (AvgIpc) is 3.17. The molecule has 4 nitrogen and oxygen atoms in total. The Balaban J connectivity index is 1.53. The van der Waals surface area contributed by atoms with Crippen molar-refractivity contribution in [1.82, 2.24) is 5.43 Å². The number of carbonyl (C=O) groups excluding carboxylic acids is 1. The number of nitrogens with zero attached hydrogens (tertiary/aromatic N) is 1. The fourth-order valence-electron chi connectivity index (χ4n) is 2.08. The fourth-order valence-corrected chi connectivity index (χ4v) is 3.15. The van der Waals surface area contributed by atoms with Crippen LogP contribution in [0, 0.1) is 0 Å². The summed E-state index contributed by atoms with van der Waals surface area (Å²) < 4.78 is 5.72. The van der Waals surface area contributed by atoms with Crippen LogP contribution in [0.25, 0.3) is 0 Å². The molecule has 0 aliphatic heterocycles. The summed E-state index contributed by atoms with van der Waals surface area (Å²) >= 11 is 13.4. The lowest BCUT2D eigenvalue weighted by molar-refractivity contribution is 0.0959. The molecule has 0 unspecified atom stereocenters. The van der Waals surface area contributed by atoms with E-state index in [1.54, 1.807) is 24.4 Å². The van der Waals surface area contributed by atoms with Gasteiger partial charge in [-0.15, -0.1) is 11.3 Å². The minimum absolute atomic E-state index is 0.226. The van der Waals surface area contributed by atoms with Crippen molar-refractivity contribution in [2.45, 2.75) is 6.61 Å². The van der Waals surface area contributed by atoms with E-state index in [9.17, 15) is 4.79 Å². The lowest BCUT2D eigenvalue weighted by Crippen LogP contribution is -2.16. The first kappa shape index (κ1) is 18.5. The molecule has 0 fully saturated rings. The number of thiophene rings is 1. The Morgan fingerprint density at radius 3 is 2.65 bits per heavy atom. The molecule has 1 N–H and O–H groups in total. The summed E-state index contributed by atoms with van der Waals surface area (Å²) in [5.41, 5.74) is 4.19. The van der Waals surface area contributed by atoms with Gasteiger partial charge in [-0.1, -0.05) is 35.3 Å². The Morgan fingerprint density at radius 1 is 1.15 bits per heavy atom. The summed E-state index contributed by atoms with van der Waals surface area (Å²) in [6.45, 7) is 0.348. The molecule has 3 rings (SSSR count). The van der Waals surface area contributed by atoms with Crippen LogP contribution in [-0.4, -0.2) is 12.1 Å². The van der Waals surface area contributed by atoms with Crippen LogP contribution < -0.4 is 10.2 Å². The molecule has 7 heteroatoms. The topological polar surface area (TPSA) is 50.7 Å². The zero-order valence-electron chi connectivity index (χ0n) is 13.5. The van der Waals surface area contributed by atoms with Crippen LogP contribution in [0.4, 0.5) is 0 Å². The molecule has 0 spiro atoms. The highest BCUT2D eigenvalue weighted by molar-refractivity contribution is 7.12. The van der Waals surface area contributed by atoms with Crippen molar-refractivity contribution in [2.24, 2.45) is 5.10 Å². The lowest BCUT2D eigenvalue weighted by atomic mass is 10.2. The SMILES string of the molecule is O=C(N/N=C\c1ccc(OCc2ccc(Cl)cc2Cl)cc1)c1cccs1. The van der Waals surface area contributed by atoms with E-state index in [1.165, 1.54) is 11.3 Å². The van der Waals surface area contributed by atoms with Crippen LogP contribution in [0.5, 0.6) is 5.75 Å². The van der Waals surface area contributed by atoms with E-state index in [-0.39, 0.29) is 5.91 Å². The van der Waals surface area contributed by atoms with Crippen LogP contribution in [0.15, 0.2) is 65.1 Å². The predicted octanol–water partition coefficient (Wildman–Crippen LogP) is 5.40. The Bertz CT molecular complexity index is 910. The normalized spacial score (nSPS) is 10.8. The largest absolute Gasteiger partial charge is 0.489 e. The number of amides is 1. The number of nitrogens with one attached hydrogen (secondary N) is 1. The van der Waals surface area contributed by atoms with Crippen LogP contribution in [0.2, 0.25) is 10.0 Å². The maximum absolute atomic E-state index is 11.8. The van der Waals surface area contributed by atoms with Crippen LogP contribution in [-0.2, 0) is 6.61 Å². The molecule has 0 atom stereocenters. The summed E-state index contributed by atoms with van der Waals surface area (Å²) in [6, 6.07) is 16.2. The molecule has 0 bridgehead atoms. The van der Waals surface area contributed by atoms with Crippen LogP contribution in [0.1, 0.15) is 20.8 Å². The van der Waals surface area contributed by atoms with Gasteiger partial charge in [0.05, 0.1) is 11.1 Å². The quantitative estimate of drug-likeness (QED) is 0.441. The van der Waals surface area contributed by atoms with E-state index in [1.807, 2.05) is 41.8 Å². The highest BCUT2D eigenvalue weighted by Gasteiger charge is 2.04. The molecule has 0 saturated carbocycles. The molecule has 0 aliphatic rings. The van der Waals surface area contributed by atoms with E-state index in [4.69, 9.17) is 27.9 Å². The van der Waals surface area contributed by atoms with Gasteiger partial charge in [0.2, 0.25) is 0 Å². The number of hydrazone groups is 1. The van der Waals surface area contributed by atoms with Gasteiger partial charge in [0.1, 0.15) is 12.4 Å². The van der Waals surface area contributed by atoms with E-state index in [0.29, 0.717) is 27.3 Å². The van der Waals surface area contributed by atoms with Crippen LogP contribution in [0.3, 0.4) is 0 Å². The summed E-state index contributed by atoms with van der Waals surface area (Å²) in [6.07, 6.45) is 1.57. The molecule has 132 valence electrons. The minimum atomic E-state index is -0.226. The third-order valence-corrected chi connectivity index (χ3v) is 4.87. The van der Waals surface area contributed by atoms with Crippen molar-refractivity contribution in [2.75, 3.05) is 0 Å². The first-order chi connectivity index (χ1) is 12.6. The average molecular weight is 405 g/mol. The first-order valence-corrected chi connectivity index (χ1v) is 9.29. The zero-order valence-corrected chi connectivity index (χ0v) is 15.8. The van der Waals surface area contributed by atoms with Gasteiger partial charge in [-0.25, -0.2) is 5.43 Å². The number of hydrogen-bond donors (Lipinski definition) is 1. The van der Waals surface area contributed by atoms with Gasteiger partial charge in [-0.05, 0) is 53.4 Å². The number of ether oxygens (including phenoxy) is 1. The molecule has 2 aromatic carbocycles. The third kappa shape index (κ3) is 5.08. The summed E-state index contributed by atoms with van der Waals surface area (Å²) in [4.78, 5) is 12.4. The molecular weight excluding hydrogens is 391 g/mol. The van der Waals surface area contributed by atoms with Crippen molar-refractivity contribution >= 4 is 46.7 Å². The molecular formula is C19H14Cl2N2O2S. The maximum atomic E-state index is 11.8. The van der Waals surface area contributed by atoms with E-state index in [0.717, 1.165) is 11.1 Å². The van der Waals surface area contributed by atoms with Gasteiger partial charge in [-0.3, -0.25) is 4.79 Å². The van der Waals surface area contributed by atoms with Gasteiger partial charge in [0.25, 0.3) is 5.91 Å². The van der Waals surface area contributed by atoms with Gasteiger partial charge in [-0.2, -0.15) is 5.10 Å². The van der Waals surface area contributed by atoms with E-state index < -0.39 is 0 Å². The van der Waals surface area contributed by atoms with Gasteiger partial charge in [0, 0.05) is 15.6 Å². The monoisotopic (exact) mass is 404 g/mol. The molecule has 1 aromatic heterocycles. The third-order valence-electron chi connectivity index (χ3n) is 3.41. The van der Waals surface area contributed by atoms with E-state index in [2.05, 4.69) is 10.5 Å². The summed E-state index contributed by atoms with van der Waals surface area (Å²) in [7, 11) is 0. The maximum Gasteiger partial charge on any atom is 0.281 e. The number of carbonyl (C=O) groups is 1. The lowest BCUT2D eigenvalue weighted by Gasteiger charge is -2.08. The molecule has 0 radical (unpaired) electrons. The molecule has 26 heavy (non-hydrogen) atoms. The second-order valence-electron chi connectivity index (χ2n) is 5.27. The van der Waals surface area contributed by atoms with Crippen molar-refractivity contribution < 1.29 is 9.53 Å². The highest BCUT2D eigenvalue weighted by Crippen LogP contribution is 2.22. The van der Waals surface area contributed by atoms with Crippen molar-refractivity contribution in [3.05, 3.63) is 86.0 Å². The van der Waals surface area contributed by atoms with Gasteiger partial charge >= 0.3 is 0 Å². The minimum Gasteiger partial charge on any atom is -0.489 e. The molecule has 0 aliphatic carbocycles. The molecule has 1 amide bonds.